The first-order chi connectivity index (χ1) is 21.2. The van der Waals surface area contributed by atoms with Crippen LogP contribution in [-0.4, -0.2) is 196 Å². The molecule has 0 spiro atoms. The standard InChI is InChI=1S/C26H46BN7O11.Gd/c1-18(25(42)29-19(2)26(43)34-5-3-4-20(34)27(44)45)28-21(35)14-30-6-8-31(15-22(36)37)10-12-33(17-24(40)41)13-11-32(9-7-30)16-23(38)39;/h18-20,44-45H,3-17H2,1-2H3,(H,28,35)(H,29,42)(H,36,37)(H,38,39)(H,40,41);/t18-,19+,20-;/m0./s1. The van der Waals surface area contributed by atoms with E-state index in [1.807, 2.05) is 0 Å². The van der Waals surface area contributed by atoms with Gasteiger partial charge in [0.15, 0.2) is 0 Å². The first kappa shape index (κ1) is 42.0. The van der Waals surface area contributed by atoms with Gasteiger partial charge in [0, 0.05) is 98.8 Å². The number of hydrogen-bond donors (Lipinski definition) is 7. The van der Waals surface area contributed by atoms with Gasteiger partial charge in [0.1, 0.15) is 12.1 Å². The van der Waals surface area contributed by atoms with Crippen LogP contribution in [0.3, 0.4) is 0 Å². The Hall–Kier alpha value is -2.03. The van der Waals surface area contributed by atoms with Crippen LogP contribution in [0.2, 0.25) is 0 Å². The van der Waals surface area contributed by atoms with E-state index in [9.17, 15) is 54.1 Å². The van der Waals surface area contributed by atoms with Crippen molar-refractivity contribution in [1.82, 2.24) is 35.1 Å². The van der Waals surface area contributed by atoms with E-state index in [2.05, 4.69) is 10.6 Å². The third-order valence-electron chi connectivity index (χ3n) is 7.80. The minimum Gasteiger partial charge on any atom is -0.480 e. The number of carboxylic acid groups (broad SMARTS) is 3. The predicted octanol–water partition coefficient (Wildman–Crippen LogP) is -4.53. The molecule has 0 saturated carbocycles. The third-order valence-corrected chi connectivity index (χ3v) is 7.80. The summed E-state index contributed by atoms with van der Waals surface area (Å²) in [6.45, 7) is 4.10. The molecule has 2 aliphatic rings. The molecule has 0 radical (unpaired) electrons. The fraction of sp³-hybridized carbons (Fsp3) is 0.769. The number of nitrogens with zero attached hydrogens (tertiary/aromatic N) is 5. The number of amides is 3. The number of carbonyl (C=O) groups is 6. The van der Waals surface area contributed by atoms with Crippen LogP contribution in [0.1, 0.15) is 26.7 Å². The Labute approximate surface area is 300 Å². The zero-order valence-electron chi connectivity index (χ0n) is 26.2. The molecule has 0 aliphatic carbocycles. The Morgan fingerprint density at radius 1 is 0.652 bits per heavy atom. The fourth-order valence-electron chi connectivity index (χ4n) is 5.37. The van der Waals surface area contributed by atoms with E-state index in [1.54, 1.807) is 19.6 Å². The molecule has 0 unspecified atom stereocenters. The van der Waals surface area contributed by atoms with E-state index in [0.717, 1.165) is 0 Å². The molecule has 20 heteroatoms. The summed E-state index contributed by atoms with van der Waals surface area (Å²) >= 11 is 0. The maximum Gasteiger partial charge on any atom is 0.475 e. The number of rotatable bonds is 13. The van der Waals surface area contributed by atoms with E-state index in [1.165, 1.54) is 18.7 Å². The van der Waals surface area contributed by atoms with Crippen molar-refractivity contribution < 1.29 is 94.1 Å². The van der Waals surface area contributed by atoms with Gasteiger partial charge in [-0.2, -0.15) is 0 Å². The summed E-state index contributed by atoms with van der Waals surface area (Å²) < 4.78 is 0. The van der Waals surface area contributed by atoms with Crippen molar-refractivity contribution in [3.05, 3.63) is 0 Å². The van der Waals surface area contributed by atoms with Crippen LogP contribution in [0, 0.1) is 39.9 Å². The minimum atomic E-state index is -1.69. The Balaban J connectivity index is 0.0000106. The normalized spacial score (nSPS) is 20.7. The average molecular weight is 801 g/mol. The molecule has 2 rings (SSSR count). The average Bonchev–Trinajstić information content (AvgIpc) is 3.43. The van der Waals surface area contributed by atoms with Crippen LogP contribution in [0.25, 0.3) is 0 Å². The topological polar surface area (TPSA) is 244 Å². The molecule has 0 aromatic heterocycles. The van der Waals surface area contributed by atoms with Crippen LogP contribution in [0.5, 0.6) is 0 Å². The molecule has 262 valence electrons. The van der Waals surface area contributed by atoms with E-state index in [0.29, 0.717) is 19.4 Å². The van der Waals surface area contributed by atoms with Crippen LogP contribution >= 0.6 is 0 Å². The van der Waals surface area contributed by atoms with Crippen molar-refractivity contribution in [2.45, 2.75) is 44.7 Å². The van der Waals surface area contributed by atoms with Gasteiger partial charge >= 0.3 is 25.0 Å². The Morgan fingerprint density at radius 3 is 1.41 bits per heavy atom. The zero-order chi connectivity index (χ0) is 33.7. The maximum absolute atomic E-state index is 13.0. The van der Waals surface area contributed by atoms with Gasteiger partial charge in [0.05, 0.1) is 32.1 Å². The SMILES string of the molecule is C[C@H](NC(=O)CN1CCN(CC(=O)O)CCN(CC(=O)O)CCN(CC(=O)O)CC1)C(=O)N[C@H](C)C(=O)N1CCC[C@H]1B(O)O.[Gd]. The van der Waals surface area contributed by atoms with Crippen LogP contribution in [0.4, 0.5) is 0 Å². The third kappa shape index (κ3) is 15.2. The van der Waals surface area contributed by atoms with Gasteiger partial charge in [-0.3, -0.25) is 48.4 Å². The molecule has 2 aliphatic heterocycles. The first-order valence-corrected chi connectivity index (χ1v) is 15.0. The van der Waals surface area contributed by atoms with Gasteiger partial charge in [0.2, 0.25) is 17.7 Å². The first-order valence-electron chi connectivity index (χ1n) is 15.0. The van der Waals surface area contributed by atoms with E-state index < -0.39 is 60.8 Å². The monoisotopic (exact) mass is 801 g/mol. The van der Waals surface area contributed by atoms with Crippen molar-refractivity contribution in [2.24, 2.45) is 0 Å². The molecule has 7 N–H and O–H groups in total. The zero-order valence-corrected chi connectivity index (χ0v) is 28.5. The Morgan fingerprint density at radius 2 is 1.04 bits per heavy atom. The van der Waals surface area contributed by atoms with Gasteiger partial charge < -0.3 is 40.9 Å². The van der Waals surface area contributed by atoms with Crippen molar-refractivity contribution >= 4 is 42.7 Å². The largest absolute Gasteiger partial charge is 0.480 e. The molecular formula is C26H46BGdN7O11. The van der Waals surface area contributed by atoms with Crippen molar-refractivity contribution in [3.63, 3.8) is 0 Å². The molecular weight excluding hydrogens is 754 g/mol. The maximum atomic E-state index is 13.0. The van der Waals surface area contributed by atoms with Crippen LogP contribution in [0.15, 0.2) is 0 Å². The molecule has 2 heterocycles. The predicted molar refractivity (Wildman–Crippen MR) is 159 cm³/mol. The fourth-order valence-corrected chi connectivity index (χ4v) is 5.37. The number of carbonyl (C=O) groups excluding carboxylic acids is 3. The number of nitrogens with one attached hydrogen (secondary N) is 2. The summed E-state index contributed by atoms with van der Waals surface area (Å²) in [7, 11) is -1.69. The van der Waals surface area contributed by atoms with E-state index >= 15 is 0 Å². The number of carboxylic acids is 3. The number of hydrogen-bond acceptors (Lipinski definition) is 12. The minimum absolute atomic E-state index is 0. The molecule has 0 aromatic carbocycles. The second-order valence-electron chi connectivity index (χ2n) is 11.5. The molecule has 3 atom stereocenters. The van der Waals surface area contributed by atoms with E-state index in [4.69, 9.17) is 0 Å². The second-order valence-corrected chi connectivity index (χ2v) is 11.5. The Kier molecular flexibility index (Phi) is 19.2. The molecule has 0 aromatic rings. The van der Waals surface area contributed by atoms with Gasteiger partial charge in [-0.1, -0.05) is 0 Å². The summed E-state index contributed by atoms with van der Waals surface area (Å²) in [5.74, 6) is -5.55. The van der Waals surface area contributed by atoms with Crippen LogP contribution < -0.4 is 10.6 Å². The summed E-state index contributed by atoms with van der Waals surface area (Å²) in [4.78, 5) is 80.7. The molecule has 0 bridgehead atoms. The molecule has 18 nitrogen and oxygen atoms in total. The second kappa shape index (κ2) is 21.0. The summed E-state index contributed by atoms with van der Waals surface area (Å²) in [6, 6.07) is -2.00. The van der Waals surface area contributed by atoms with Gasteiger partial charge in [-0.25, -0.2) is 0 Å². The van der Waals surface area contributed by atoms with Crippen LogP contribution in [-0.2, 0) is 28.8 Å². The van der Waals surface area contributed by atoms with Crippen molar-refractivity contribution in [2.75, 3.05) is 85.1 Å². The molecule has 2 fully saturated rings. The molecule has 2 saturated heterocycles. The number of likely N-dealkylation sites (tertiary alicyclic amines) is 1. The molecule has 46 heavy (non-hydrogen) atoms. The van der Waals surface area contributed by atoms with Crippen molar-refractivity contribution in [1.29, 1.82) is 0 Å². The van der Waals surface area contributed by atoms with Gasteiger partial charge in [-0.15, -0.1) is 0 Å². The van der Waals surface area contributed by atoms with Gasteiger partial charge in [-0.05, 0) is 26.7 Å². The Bertz CT molecular complexity index is 1030. The van der Waals surface area contributed by atoms with Gasteiger partial charge in [0.25, 0.3) is 0 Å². The summed E-state index contributed by atoms with van der Waals surface area (Å²) in [5.41, 5.74) is 0. The molecule has 3 amide bonds. The summed E-state index contributed by atoms with van der Waals surface area (Å²) in [6.07, 6.45) is 1.03. The quantitative estimate of drug-likeness (QED) is 0.0869. The summed E-state index contributed by atoms with van der Waals surface area (Å²) in [5, 5.41) is 52.2. The number of aliphatic carboxylic acids is 3. The smallest absolute Gasteiger partial charge is 0.475 e. The van der Waals surface area contributed by atoms with Crippen molar-refractivity contribution in [3.8, 4) is 0 Å². The van der Waals surface area contributed by atoms with E-state index in [-0.39, 0.29) is 118 Å².